The van der Waals surface area contributed by atoms with Gasteiger partial charge in [-0.25, -0.2) is 0 Å². The smallest absolute Gasteiger partial charge is 0.123 e. The van der Waals surface area contributed by atoms with Crippen molar-refractivity contribution in [1.29, 1.82) is 0 Å². The van der Waals surface area contributed by atoms with Crippen LogP contribution in [-0.2, 0) is 6.42 Å². The van der Waals surface area contributed by atoms with Gasteiger partial charge in [0.15, 0.2) is 0 Å². The Morgan fingerprint density at radius 1 is 1.35 bits per heavy atom. The molecule has 2 rings (SSSR count). The van der Waals surface area contributed by atoms with Gasteiger partial charge >= 0.3 is 0 Å². The van der Waals surface area contributed by atoms with Crippen LogP contribution in [0.15, 0.2) is 35.7 Å². The van der Waals surface area contributed by atoms with Gasteiger partial charge in [-0.3, -0.25) is 0 Å². The molecule has 0 aliphatic heterocycles. The van der Waals surface area contributed by atoms with Gasteiger partial charge in [-0.15, -0.1) is 11.3 Å². The maximum atomic E-state index is 6.15. The van der Waals surface area contributed by atoms with Crippen LogP contribution in [0.4, 0.5) is 0 Å². The molecule has 1 heterocycles. The fourth-order valence-electron chi connectivity index (χ4n) is 2.22. The first-order valence-electron chi connectivity index (χ1n) is 6.83. The number of hydrogen-bond donors (Lipinski definition) is 1. The summed E-state index contributed by atoms with van der Waals surface area (Å²) in [6.45, 7) is 3.15. The van der Waals surface area contributed by atoms with E-state index in [1.807, 2.05) is 18.2 Å². The van der Waals surface area contributed by atoms with Gasteiger partial charge in [0.1, 0.15) is 5.75 Å². The first-order chi connectivity index (χ1) is 9.74. The Balaban J connectivity index is 2.27. The number of methoxy groups -OCH3 is 1. The number of benzene rings is 1. The van der Waals surface area contributed by atoms with E-state index in [0.29, 0.717) is 0 Å². The minimum atomic E-state index is 0.224. The van der Waals surface area contributed by atoms with E-state index >= 15 is 0 Å². The molecule has 1 aromatic carbocycles. The first-order valence-corrected chi connectivity index (χ1v) is 8.09. The third-order valence-corrected chi connectivity index (χ3v) is 4.33. The minimum absolute atomic E-state index is 0.224. The van der Waals surface area contributed by atoms with Crippen LogP contribution in [-0.4, -0.2) is 13.7 Å². The molecular formula is C16H20ClNOS. The van der Waals surface area contributed by atoms with Crippen molar-refractivity contribution in [2.24, 2.45) is 0 Å². The lowest BCUT2D eigenvalue weighted by Gasteiger charge is -2.21. The van der Waals surface area contributed by atoms with Gasteiger partial charge < -0.3 is 10.1 Å². The second-order valence-corrected chi connectivity index (χ2v) is 6.15. The highest BCUT2D eigenvalue weighted by atomic mass is 35.5. The summed E-state index contributed by atoms with van der Waals surface area (Å²) in [7, 11) is 1.70. The lowest BCUT2D eigenvalue weighted by molar-refractivity contribution is 0.398. The highest BCUT2D eigenvalue weighted by molar-refractivity contribution is 7.09. The maximum absolute atomic E-state index is 6.15. The van der Waals surface area contributed by atoms with Crippen LogP contribution in [0.1, 0.15) is 29.8 Å². The lowest BCUT2D eigenvalue weighted by Crippen LogP contribution is -2.24. The van der Waals surface area contributed by atoms with Gasteiger partial charge in [0.2, 0.25) is 0 Å². The average Bonchev–Trinajstić information content (AvgIpc) is 2.96. The number of hydrogen-bond acceptors (Lipinski definition) is 3. The number of nitrogens with one attached hydrogen (secondary N) is 1. The summed E-state index contributed by atoms with van der Waals surface area (Å²) in [5, 5.41) is 6.45. The van der Waals surface area contributed by atoms with E-state index in [4.69, 9.17) is 16.3 Å². The van der Waals surface area contributed by atoms with E-state index in [1.54, 1.807) is 18.4 Å². The predicted molar refractivity (Wildman–Crippen MR) is 87.1 cm³/mol. The van der Waals surface area contributed by atoms with Gasteiger partial charge in [-0.05, 0) is 42.6 Å². The molecule has 108 valence electrons. The molecule has 4 heteroatoms. The van der Waals surface area contributed by atoms with Crippen molar-refractivity contribution in [3.8, 4) is 5.75 Å². The second-order valence-electron chi connectivity index (χ2n) is 4.68. The van der Waals surface area contributed by atoms with E-state index in [9.17, 15) is 0 Å². The van der Waals surface area contributed by atoms with Crippen LogP contribution in [0.3, 0.4) is 0 Å². The van der Waals surface area contributed by atoms with Crippen molar-refractivity contribution in [1.82, 2.24) is 5.32 Å². The highest BCUT2D eigenvalue weighted by Crippen LogP contribution is 2.31. The molecule has 1 unspecified atom stereocenters. The fourth-order valence-corrected chi connectivity index (χ4v) is 3.15. The van der Waals surface area contributed by atoms with E-state index in [0.717, 1.165) is 35.7 Å². The van der Waals surface area contributed by atoms with Gasteiger partial charge in [-0.2, -0.15) is 0 Å². The topological polar surface area (TPSA) is 21.3 Å². The van der Waals surface area contributed by atoms with Gasteiger partial charge in [-0.1, -0.05) is 24.6 Å². The van der Waals surface area contributed by atoms with Gasteiger partial charge in [0.05, 0.1) is 7.11 Å². The van der Waals surface area contributed by atoms with Crippen LogP contribution < -0.4 is 10.1 Å². The Morgan fingerprint density at radius 3 is 2.85 bits per heavy atom. The summed E-state index contributed by atoms with van der Waals surface area (Å²) >= 11 is 7.94. The molecular weight excluding hydrogens is 290 g/mol. The molecule has 20 heavy (non-hydrogen) atoms. The van der Waals surface area contributed by atoms with Crippen molar-refractivity contribution in [2.45, 2.75) is 25.8 Å². The largest absolute Gasteiger partial charge is 0.496 e. The molecule has 2 aromatic rings. The van der Waals surface area contributed by atoms with Crippen LogP contribution in [0.25, 0.3) is 0 Å². The average molecular weight is 310 g/mol. The minimum Gasteiger partial charge on any atom is -0.496 e. The highest BCUT2D eigenvalue weighted by Gasteiger charge is 2.17. The number of halogens is 1. The molecule has 0 spiro atoms. The van der Waals surface area contributed by atoms with Crippen molar-refractivity contribution >= 4 is 22.9 Å². The van der Waals surface area contributed by atoms with Crippen LogP contribution in [0.2, 0.25) is 5.02 Å². The van der Waals surface area contributed by atoms with E-state index in [2.05, 4.69) is 29.8 Å². The molecule has 0 saturated heterocycles. The molecule has 1 N–H and O–H groups in total. The molecule has 1 atom stereocenters. The Hall–Kier alpha value is -1.03. The van der Waals surface area contributed by atoms with Crippen LogP contribution in [0, 0.1) is 0 Å². The van der Waals surface area contributed by atoms with Crippen molar-refractivity contribution < 1.29 is 4.74 Å². The Morgan fingerprint density at radius 2 is 2.20 bits per heavy atom. The van der Waals surface area contributed by atoms with Crippen molar-refractivity contribution in [3.63, 3.8) is 0 Å². The summed E-state index contributed by atoms with van der Waals surface area (Å²) in [6.07, 6.45) is 2.05. The second kappa shape index (κ2) is 7.67. The summed E-state index contributed by atoms with van der Waals surface area (Å²) in [5.41, 5.74) is 1.13. The van der Waals surface area contributed by atoms with Crippen molar-refractivity contribution in [2.75, 3.05) is 13.7 Å². The van der Waals surface area contributed by atoms with Gasteiger partial charge in [0.25, 0.3) is 0 Å². The molecule has 0 saturated carbocycles. The van der Waals surface area contributed by atoms with E-state index < -0.39 is 0 Å². The van der Waals surface area contributed by atoms with Crippen LogP contribution >= 0.6 is 22.9 Å². The fraction of sp³-hybridized carbons (Fsp3) is 0.375. The molecule has 1 aromatic heterocycles. The molecule has 0 radical (unpaired) electrons. The summed E-state index contributed by atoms with van der Waals surface area (Å²) in [6, 6.07) is 10.3. The summed E-state index contributed by atoms with van der Waals surface area (Å²) in [5.74, 6) is 0.888. The molecule has 2 nitrogen and oxygen atoms in total. The van der Waals surface area contributed by atoms with Crippen molar-refractivity contribution in [3.05, 3.63) is 51.2 Å². The molecule has 0 bridgehead atoms. The SMILES string of the molecule is CCCNC(Cc1cccs1)c1cc(Cl)ccc1OC. The summed E-state index contributed by atoms with van der Waals surface area (Å²) < 4.78 is 5.49. The quantitative estimate of drug-likeness (QED) is 0.801. The zero-order chi connectivity index (χ0) is 14.4. The summed E-state index contributed by atoms with van der Waals surface area (Å²) in [4.78, 5) is 1.36. The maximum Gasteiger partial charge on any atom is 0.123 e. The number of rotatable bonds is 7. The standard InChI is InChI=1S/C16H20ClNOS/c1-3-8-18-15(11-13-5-4-9-20-13)14-10-12(17)6-7-16(14)19-2/h4-7,9-10,15,18H,3,8,11H2,1-2H3. The number of thiophene rings is 1. The van der Waals surface area contributed by atoms with Crippen LogP contribution in [0.5, 0.6) is 5.75 Å². The van der Waals surface area contributed by atoms with E-state index in [-0.39, 0.29) is 6.04 Å². The number of ether oxygens (including phenoxy) is 1. The third kappa shape index (κ3) is 3.98. The Kier molecular flexibility index (Phi) is 5.89. The first kappa shape index (κ1) is 15.4. The Labute approximate surface area is 129 Å². The normalized spacial score (nSPS) is 12.3. The molecule has 0 amide bonds. The van der Waals surface area contributed by atoms with E-state index in [1.165, 1.54) is 4.88 Å². The predicted octanol–water partition coefficient (Wildman–Crippen LogP) is 4.69. The zero-order valence-electron chi connectivity index (χ0n) is 11.9. The third-order valence-electron chi connectivity index (χ3n) is 3.19. The Bertz CT molecular complexity index is 527. The lowest BCUT2D eigenvalue weighted by atomic mass is 10.0. The molecule has 0 aliphatic rings. The monoisotopic (exact) mass is 309 g/mol. The zero-order valence-corrected chi connectivity index (χ0v) is 13.4. The van der Waals surface area contributed by atoms with Gasteiger partial charge in [0, 0.05) is 27.9 Å². The molecule has 0 aliphatic carbocycles. The molecule has 0 fully saturated rings.